The third-order valence-electron chi connectivity index (χ3n) is 3.66. The largest absolute Gasteiger partial charge is 0.351 e. The highest BCUT2D eigenvalue weighted by Gasteiger charge is 2.28. The van der Waals surface area contributed by atoms with Crippen molar-refractivity contribution in [3.8, 4) is 0 Å². The Bertz CT molecular complexity index is 620. The summed E-state index contributed by atoms with van der Waals surface area (Å²) in [6.07, 6.45) is -0.450. The standard InChI is InChI=1S/C16H23N3O3/c1-5-21-16(22-6-2)11(3)19(4)15(20)14-12-9-7-8-10-13(12)17-18-14/h7-11,16H,5-6H2,1-4H3,(H,17,18). The molecule has 1 aromatic carbocycles. The van der Waals surface area contributed by atoms with Crippen molar-refractivity contribution in [1.29, 1.82) is 0 Å². The molecule has 0 aliphatic carbocycles. The van der Waals surface area contributed by atoms with Gasteiger partial charge in [-0.1, -0.05) is 18.2 Å². The Labute approximate surface area is 130 Å². The molecule has 1 aromatic heterocycles. The first-order valence-electron chi connectivity index (χ1n) is 7.53. The van der Waals surface area contributed by atoms with E-state index in [4.69, 9.17) is 9.47 Å². The average Bonchev–Trinajstić information content (AvgIpc) is 2.96. The van der Waals surface area contributed by atoms with Crippen LogP contribution >= 0.6 is 0 Å². The maximum absolute atomic E-state index is 12.7. The van der Waals surface area contributed by atoms with Crippen LogP contribution in [0.3, 0.4) is 0 Å². The summed E-state index contributed by atoms with van der Waals surface area (Å²) < 4.78 is 11.2. The summed E-state index contributed by atoms with van der Waals surface area (Å²) >= 11 is 0. The number of nitrogens with zero attached hydrogens (tertiary/aromatic N) is 2. The van der Waals surface area contributed by atoms with Gasteiger partial charge in [0.1, 0.15) is 0 Å². The van der Waals surface area contributed by atoms with E-state index in [1.54, 1.807) is 11.9 Å². The van der Waals surface area contributed by atoms with Crippen molar-refractivity contribution in [2.24, 2.45) is 0 Å². The monoisotopic (exact) mass is 305 g/mol. The van der Waals surface area contributed by atoms with E-state index in [-0.39, 0.29) is 11.9 Å². The van der Waals surface area contributed by atoms with Crippen LogP contribution in [0.1, 0.15) is 31.3 Å². The maximum Gasteiger partial charge on any atom is 0.275 e. The second-order valence-corrected chi connectivity index (χ2v) is 5.05. The molecule has 0 radical (unpaired) electrons. The number of ether oxygens (including phenoxy) is 2. The van der Waals surface area contributed by atoms with Gasteiger partial charge in [0.15, 0.2) is 12.0 Å². The number of benzene rings is 1. The molecule has 1 atom stereocenters. The number of para-hydroxylation sites is 1. The summed E-state index contributed by atoms with van der Waals surface area (Å²) in [5.74, 6) is -0.158. The number of carbonyl (C=O) groups is 1. The molecule has 0 aliphatic rings. The zero-order chi connectivity index (χ0) is 16.1. The van der Waals surface area contributed by atoms with Gasteiger partial charge in [0.2, 0.25) is 0 Å². The Morgan fingerprint density at radius 2 is 1.91 bits per heavy atom. The molecule has 6 heteroatoms. The molecule has 0 saturated carbocycles. The van der Waals surface area contributed by atoms with Crippen LogP contribution in [0.25, 0.3) is 10.9 Å². The second-order valence-electron chi connectivity index (χ2n) is 5.05. The fourth-order valence-corrected chi connectivity index (χ4v) is 2.32. The minimum absolute atomic E-state index is 0.158. The van der Waals surface area contributed by atoms with E-state index in [1.165, 1.54) is 0 Å². The van der Waals surface area contributed by atoms with Crippen LogP contribution in [0, 0.1) is 0 Å². The van der Waals surface area contributed by atoms with Gasteiger partial charge < -0.3 is 14.4 Å². The third kappa shape index (κ3) is 3.28. The molecule has 0 fully saturated rings. The molecule has 0 spiro atoms. The Hall–Kier alpha value is -1.92. The van der Waals surface area contributed by atoms with Gasteiger partial charge in [0, 0.05) is 25.6 Å². The fourth-order valence-electron chi connectivity index (χ4n) is 2.32. The molecule has 1 amide bonds. The highest BCUT2D eigenvalue weighted by Crippen LogP contribution is 2.18. The van der Waals surface area contributed by atoms with Gasteiger partial charge in [0.25, 0.3) is 5.91 Å². The number of aromatic amines is 1. The smallest absolute Gasteiger partial charge is 0.275 e. The van der Waals surface area contributed by atoms with Crippen LogP contribution in [0.4, 0.5) is 0 Å². The Kier molecular flexibility index (Phi) is 5.51. The molecule has 2 rings (SSSR count). The van der Waals surface area contributed by atoms with E-state index in [0.29, 0.717) is 18.9 Å². The molecule has 1 N–H and O–H groups in total. The number of hydrogen-bond donors (Lipinski definition) is 1. The lowest BCUT2D eigenvalue weighted by Gasteiger charge is -2.31. The van der Waals surface area contributed by atoms with Gasteiger partial charge in [-0.05, 0) is 26.8 Å². The molecular formula is C16H23N3O3. The summed E-state index contributed by atoms with van der Waals surface area (Å²) in [5.41, 5.74) is 1.26. The van der Waals surface area contributed by atoms with E-state index in [9.17, 15) is 4.79 Å². The van der Waals surface area contributed by atoms with E-state index in [1.807, 2.05) is 45.0 Å². The Balaban J connectivity index is 2.20. The lowest BCUT2D eigenvalue weighted by Crippen LogP contribution is -2.45. The zero-order valence-corrected chi connectivity index (χ0v) is 13.5. The minimum Gasteiger partial charge on any atom is -0.351 e. The number of carbonyl (C=O) groups excluding carboxylic acids is 1. The molecular weight excluding hydrogens is 282 g/mol. The SMILES string of the molecule is CCOC(OCC)C(C)N(C)C(=O)c1n[nH]c2ccccc12. The van der Waals surface area contributed by atoms with Crippen LogP contribution in [-0.2, 0) is 9.47 Å². The molecule has 1 heterocycles. The van der Waals surface area contributed by atoms with Gasteiger partial charge in [0.05, 0.1) is 11.6 Å². The Morgan fingerprint density at radius 1 is 1.27 bits per heavy atom. The van der Waals surface area contributed by atoms with Gasteiger partial charge >= 0.3 is 0 Å². The summed E-state index contributed by atoms with van der Waals surface area (Å²) in [4.78, 5) is 14.3. The van der Waals surface area contributed by atoms with Crippen molar-refractivity contribution >= 4 is 16.8 Å². The average molecular weight is 305 g/mol. The summed E-state index contributed by atoms with van der Waals surface area (Å²) in [5, 5.41) is 7.85. The topological polar surface area (TPSA) is 67.5 Å². The molecule has 120 valence electrons. The molecule has 6 nitrogen and oxygen atoms in total. The lowest BCUT2D eigenvalue weighted by atomic mass is 10.2. The number of hydrogen-bond acceptors (Lipinski definition) is 4. The number of H-pyrrole nitrogens is 1. The van der Waals surface area contributed by atoms with Crippen LogP contribution in [0.2, 0.25) is 0 Å². The molecule has 1 unspecified atom stereocenters. The predicted octanol–water partition coefficient (Wildman–Crippen LogP) is 2.42. The van der Waals surface area contributed by atoms with Crippen molar-refractivity contribution in [2.45, 2.75) is 33.1 Å². The van der Waals surface area contributed by atoms with E-state index >= 15 is 0 Å². The molecule has 22 heavy (non-hydrogen) atoms. The van der Waals surface area contributed by atoms with Crippen molar-refractivity contribution in [1.82, 2.24) is 15.1 Å². The summed E-state index contributed by atoms with van der Waals surface area (Å²) in [6.45, 7) is 6.77. The van der Waals surface area contributed by atoms with Crippen molar-refractivity contribution in [2.75, 3.05) is 20.3 Å². The second kappa shape index (κ2) is 7.38. The molecule has 2 aromatic rings. The first-order chi connectivity index (χ1) is 10.6. The first-order valence-corrected chi connectivity index (χ1v) is 7.53. The predicted molar refractivity (Wildman–Crippen MR) is 84.7 cm³/mol. The summed E-state index contributed by atoms with van der Waals surface area (Å²) in [7, 11) is 1.74. The number of amides is 1. The van der Waals surface area contributed by atoms with Gasteiger partial charge in [-0.2, -0.15) is 5.10 Å². The first kappa shape index (κ1) is 16.5. The maximum atomic E-state index is 12.7. The molecule has 0 bridgehead atoms. The van der Waals surface area contributed by atoms with Crippen molar-refractivity contribution in [3.05, 3.63) is 30.0 Å². The van der Waals surface area contributed by atoms with Crippen LogP contribution in [-0.4, -0.2) is 53.6 Å². The van der Waals surface area contributed by atoms with Gasteiger partial charge in [-0.3, -0.25) is 9.89 Å². The number of rotatable bonds is 7. The normalized spacial score (nSPS) is 12.8. The lowest BCUT2D eigenvalue weighted by molar-refractivity contribution is -0.163. The highest BCUT2D eigenvalue weighted by molar-refractivity contribution is 6.04. The van der Waals surface area contributed by atoms with E-state index in [2.05, 4.69) is 10.2 Å². The zero-order valence-electron chi connectivity index (χ0n) is 13.5. The summed E-state index contributed by atoms with van der Waals surface area (Å²) in [6, 6.07) is 7.35. The number of nitrogens with one attached hydrogen (secondary N) is 1. The van der Waals surface area contributed by atoms with Crippen LogP contribution < -0.4 is 0 Å². The fraction of sp³-hybridized carbons (Fsp3) is 0.500. The van der Waals surface area contributed by atoms with E-state index < -0.39 is 6.29 Å². The van der Waals surface area contributed by atoms with Crippen LogP contribution in [0.15, 0.2) is 24.3 Å². The number of likely N-dealkylation sites (N-methyl/N-ethyl adjacent to an activating group) is 1. The van der Waals surface area contributed by atoms with Gasteiger partial charge in [-0.15, -0.1) is 0 Å². The number of aromatic nitrogens is 2. The quantitative estimate of drug-likeness (QED) is 0.798. The van der Waals surface area contributed by atoms with Crippen molar-refractivity contribution in [3.63, 3.8) is 0 Å². The minimum atomic E-state index is -0.450. The number of fused-ring (bicyclic) bond motifs is 1. The molecule has 0 saturated heterocycles. The van der Waals surface area contributed by atoms with E-state index in [0.717, 1.165) is 10.9 Å². The molecule has 0 aliphatic heterocycles. The Morgan fingerprint density at radius 3 is 2.55 bits per heavy atom. The van der Waals surface area contributed by atoms with Crippen LogP contribution in [0.5, 0.6) is 0 Å². The third-order valence-corrected chi connectivity index (χ3v) is 3.66. The van der Waals surface area contributed by atoms with Crippen molar-refractivity contribution < 1.29 is 14.3 Å². The highest BCUT2D eigenvalue weighted by atomic mass is 16.7. The van der Waals surface area contributed by atoms with Gasteiger partial charge in [-0.25, -0.2) is 0 Å².